The lowest BCUT2D eigenvalue weighted by Crippen LogP contribution is -2.30. The second kappa shape index (κ2) is 35.1. The van der Waals surface area contributed by atoms with Crippen molar-refractivity contribution >= 4 is 0 Å². The molecule has 0 fully saturated rings. The van der Waals surface area contributed by atoms with Gasteiger partial charge in [0.2, 0.25) is 22.8 Å². The first-order valence-electron chi connectivity index (χ1n) is 49.5. The molecule has 16 rings (SSSR count). The van der Waals surface area contributed by atoms with Crippen molar-refractivity contribution in [3.05, 3.63) is 406 Å². The van der Waals surface area contributed by atoms with Crippen LogP contribution in [-0.4, -0.2) is 0 Å². The van der Waals surface area contributed by atoms with Crippen LogP contribution in [0.1, 0.15) is 105 Å². The van der Waals surface area contributed by atoms with Crippen LogP contribution in [0.2, 0.25) is 0 Å². The topological polar surface area (TPSA) is 15.5 Å². The molecule has 113 heavy (non-hydrogen) atoms. The van der Waals surface area contributed by atoms with Gasteiger partial charge in [-0.15, -0.1) is 0 Å². The maximum atomic E-state index is 8.11. The summed E-state index contributed by atoms with van der Waals surface area (Å²) in [5.41, 5.74) is 24.8. The van der Waals surface area contributed by atoms with Crippen molar-refractivity contribution in [3.63, 3.8) is 0 Å². The lowest BCUT2D eigenvalue weighted by Gasteiger charge is -2.14. The number of hydrogen-bond donors (Lipinski definition) is 0. The van der Waals surface area contributed by atoms with Crippen molar-refractivity contribution in [2.45, 2.75) is 89.4 Å². The molecule has 4 aromatic heterocycles. The lowest BCUT2D eigenvalue weighted by atomic mass is 9.91. The molecule has 0 amide bonds. The normalized spacial score (nSPS) is 14.9. The van der Waals surface area contributed by atoms with E-state index in [-0.39, 0.29) is 22.3 Å². The molecular formula is C109H106N4+4. The van der Waals surface area contributed by atoms with Crippen LogP contribution in [0.15, 0.2) is 334 Å². The van der Waals surface area contributed by atoms with Crippen LogP contribution < -0.4 is 18.3 Å². The third-order valence-electron chi connectivity index (χ3n) is 20.7. The fourth-order valence-electron chi connectivity index (χ4n) is 14.5. The second-order valence-corrected chi connectivity index (χ2v) is 28.6. The van der Waals surface area contributed by atoms with Gasteiger partial charge in [0.1, 0.15) is 28.2 Å². The Balaban J connectivity index is 0.000000155. The van der Waals surface area contributed by atoms with Gasteiger partial charge in [0.25, 0.3) is 0 Å². The van der Waals surface area contributed by atoms with Gasteiger partial charge >= 0.3 is 0 Å². The average Bonchev–Trinajstić information content (AvgIpc) is 0.745. The van der Waals surface area contributed by atoms with E-state index in [1.54, 1.807) is 54.7 Å². The summed E-state index contributed by atoms with van der Waals surface area (Å²) in [6.45, 7) is -9.02. The van der Waals surface area contributed by atoms with Crippen LogP contribution in [0.3, 0.4) is 0 Å². The number of benzene rings is 12. The van der Waals surface area contributed by atoms with E-state index in [9.17, 15) is 0 Å². The van der Waals surface area contributed by atoms with Crippen molar-refractivity contribution in [2.24, 2.45) is 28.2 Å². The summed E-state index contributed by atoms with van der Waals surface area (Å²) >= 11 is 0. The summed E-state index contributed by atoms with van der Waals surface area (Å²) in [4.78, 5) is 0. The molecule has 0 bridgehead atoms. The molecule has 0 saturated carbocycles. The number of pyridine rings is 4. The number of rotatable bonds is 12. The van der Waals surface area contributed by atoms with E-state index >= 15 is 0 Å². The van der Waals surface area contributed by atoms with Gasteiger partial charge in [-0.05, 0) is 269 Å². The van der Waals surface area contributed by atoms with E-state index in [0.717, 1.165) is 117 Å². The maximum Gasteiger partial charge on any atom is 0.213 e. The number of nitrogens with zero attached hydrogens (tertiary/aromatic N) is 4. The molecule has 0 spiro atoms. The molecule has 0 saturated heterocycles. The van der Waals surface area contributed by atoms with Crippen LogP contribution in [-0.2, 0) is 28.2 Å². The van der Waals surface area contributed by atoms with Gasteiger partial charge in [-0.3, -0.25) is 0 Å². The largest absolute Gasteiger partial charge is 0.213 e. The van der Waals surface area contributed by atoms with Crippen molar-refractivity contribution < 1.29 is 51.2 Å². The Bertz CT molecular complexity index is 7040. The van der Waals surface area contributed by atoms with Crippen molar-refractivity contribution in [1.29, 1.82) is 0 Å². The molecule has 0 atom stereocenters. The van der Waals surface area contributed by atoms with E-state index in [0.29, 0.717) is 66.9 Å². The highest BCUT2D eigenvalue weighted by Crippen LogP contribution is 2.39. The fourth-order valence-corrected chi connectivity index (χ4v) is 14.5. The zero-order valence-electron chi connectivity index (χ0n) is 89.0. The van der Waals surface area contributed by atoms with Crippen molar-refractivity contribution in [1.82, 2.24) is 0 Å². The predicted molar refractivity (Wildman–Crippen MR) is 477 cm³/mol. The Morgan fingerprint density at radius 2 is 0.451 bits per heavy atom. The Kier molecular flexibility index (Phi) is 16.5. The standard InChI is InChI=1S/2C28H28N.C27H26N.C26H24N/c1-19-10-9-11-20(2)28(19)24-14-15-29(5)27(17-24)26-18-25(21(3)16-22(26)4)23-12-7-6-8-13-23;1-19-11-12-25(20(2)15-19)24-13-14-29(5)28(17-24)27-18-26(21(3)16-22(27)4)23-9-7-6-8-10-23;1-19-10-8-9-13-24(19)23-14-15-28(4)27(17-23)26-18-25(20(2)16-21(26)3)22-11-6-5-7-12-22;1-19-16-20(2)25(18-24(19)22-12-8-5-9-13-22)26-17-23(14-15-27(26)3)21-10-6-4-7-11-21/h2*6-18H,1-5H3;5-18H,1-4H3;4-18H,1-3H3/q4*+1/i1D3,2D3,3D3;2D3,3D3;1D3,2D3;1D3. The van der Waals surface area contributed by atoms with Crippen LogP contribution in [0.5, 0.6) is 0 Å². The minimum absolute atomic E-state index is 0.0367. The van der Waals surface area contributed by atoms with Gasteiger partial charge < -0.3 is 0 Å². The predicted octanol–water partition coefficient (Wildman–Crippen LogP) is 26.1. The number of hydrogen-bond acceptors (Lipinski definition) is 0. The first kappa shape index (κ1) is 53.2. The van der Waals surface area contributed by atoms with Crippen molar-refractivity contribution in [3.8, 4) is 134 Å². The molecule has 0 unspecified atom stereocenters. The van der Waals surface area contributed by atoms with Crippen molar-refractivity contribution in [2.75, 3.05) is 0 Å². The zero-order chi connectivity index (χ0) is 99.6. The second-order valence-electron chi connectivity index (χ2n) is 28.6. The summed E-state index contributed by atoms with van der Waals surface area (Å²) in [7, 11) is 7.70. The summed E-state index contributed by atoms with van der Waals surface area (Å²) in [5, 5.41) is 0. The number of aromatic nitrogens is 4. The quantitative estimate of drug-likeness (QED) is 0.108. The summed E-state index contributed by atoms with van der Waals surface area (Å²) < 4.78 is 201. The minimum atomic E-state index is -2.52. The highest BCUT2D eigenvalue weighted by Gasteiger charge is 2.23. The van der Waals surface area contributed by atoms with Gasteiger partial charge in [-0.25, -0.2) is 18.3 Å². The third kappa shape index (κ3) is 17.9. The zero-order valence-corrected chi connectivity index (χ0v) is 65.0. The monoisotopic (exact) mass is 1490 g/mol. The molecule has 0 N–H and O–H groups in total. The highest BCUT2D eigenvalue weighted by atomic mass is 14.9. The van der Waals surface area contributed by atoms with E-state index < -0.39 is 54.8 Å². The molecule has 4 nitrogen and oxygen atoms in total. The smallest absolute Gasteiger partial charge is 0.201 e. The molecule has 0 aliphatic carbocycles. The highest BCUT2D eigenvalue weighted by molar-refractivity contribution is 5.83. The summed E-state index contributed by atoms with van der Waals surface area (Å²) in [6.07, 6.45) is 7.62. The summed E-state index contributed by atoms with van der Waals surface area (Å²) in [6, 6.07) is 95.4. The van der Waals surface area contributed by atoms with E-state index in [4.69, 9.17) is 32.9 Å². The molecule has 0 aliphatic heterocycles. The van der Waals surface area contributed by atoms with E-state index in [1.807, 2.05) is 307 Å². The van der Waals surface area contributed by atoms with Crippen LogP contribution in [0.4, 0.5) is 0 Å². The Morgan fingerprint density at radius 1 is 0.177 bits per heavy atom. The first-order valence-corrected chi connectivity index (χ1v) is 37.5. The van der Waals surface area contributed by atoms with Crippen LogP contribution in [0, 0.1) is 89.4 Å². The molecule has 0 radical (unpaired) electrons. The maximum absolute atomic E-state index is 8.11. The Morgan fingerprint density at radius 3 is 0.805 bits per heavy atom. The summed E-state index contributed by atoms with van der Waals surface area (Å²) in [5.74, 6) is 0. The Hall–Kier alpha value is -12.8. The Labute approximate surface area is 706 Å². The average molecular weight is 1500 g/mol. The molecule has 16 aromatic rings. The molecule has 558 valence electrons. The molecule has 0 aliphatic rings. The third-order valence-corrected chi connectivity index (χ3v) is 20.7. The molecular weight excluding hydrogens is 1370 g/mol. The fraction of sp³-hybridized carbons (Fsp3) is 0.156. The van der Waals surface area contributed by atoms with Gasteiger partial charge in [0, 0.05) is 104 Å². The van der Waals surface area contributed by atoms with E-state index in [2.05, 4.69) is 35.0 Å². The van der Waals surface area contributed by atoms with Gasteiger partial charge in [-0.1, -0.05) is 242 Å². The van der Waals surface area contributed by atoms with Crippen LogP contribution in [0.25, 0.3) is 134 Å². The molecule has 4 heterocycles. The number of aryl methyl sites for hydroxylation is 17. The minimum Gasteiger partial charge on any atom is -0.201 e. The van der Waals surface area contributed by atoms with Gasteiger partial charge in [0.05, 0.1) is 0 Å². The molecule has 4 heteroatoms. The van der Waals surface area contributed by atoms with Gasteiger partial charge in [0.15, 0.2) is 24.8 Å². The first-order chi connectivity index (χ1) is 64.3. The molecule has 12 aromatic carbocycles. The van der Waals surface area contributed by atoms with E-state index in [1.165, 1.54) is 18.2 Å². The van der Waals surface area contributed by atoms with Gasteiger partial charge in [-0.2, -0.15) is 0 Å². The SMILES string of the molecule is [2H]C([2H])([2H])c1cc(C)c(-c2cc(-c3c(C([2H])([2H])[2H])cccc3C([2H])([2H])[2H])cc[n+]2C)cc1-c1ccccc1.[2H]C([2H])([2H])c1cc(C)c(-c2cc(-c3ccccc3)cc[n+]2C)cc1-c1ccccc1.[2H]C([2H])([2H])c1cc(C)ccc1-c1cc[n+](C)c(-c2cc(-c3ccccc3)c(C([2H])([2H])[2H])cc2C)c1.[2H]C([2H])([2H])c1ccccc1-c1cc[n+](C)c(-c2cc(-c3ccccc3)c(C([2H])([2H])[2H])cc2C)c1. The lowest BCUT2D eigenvalue weighted by molar-refractivity contribution is -0.660. The van der Waals surface area contributed by atoms with Crippen LogP contribution >= 0.6 is 0 Å².